The fourth-order valence-corrected chi connectivity index (χ4v) is 4.92. The Labute approximate surface area is 172 Å². The average Bonchev–Trinajstić information content (AvgIpc) is 3.52. The zero-order valence-electron chi connectivity index (χ0n) is 15.2. The summed E-state index contributed by atoms with van der Waals surface area (Å²) in [5.74, 6) is 0.728. The molecule has 28 heavy (non-hydrogen) atoms. The fraction of sp³-hybridized carbons (Fsp3) is 0.368. The molecule has 1 aromatic carbocycles. The second-order valence-electron chi connectivity index (χ2n) is 7.00. The molecule has 1 aromatic heterocycles. The van der Waals surface area contributed by atoms with Crippen LogP contribution in [-0.2, 0) is 10.0 Å². The number of halogens is 1. The molecule has 1 saturated heterocycles. The van der Waals surface area contributed by atoms with E-state index in [9.17, 15) is 13.2 Å². The lowest BCUT2D eigenvalue weighted by atomic mass is 10.2. The van der Waals surface area contributed by atoms with Crippen molar-refractivity contribution in [2.75, 3.05) is 31.1 Å². The summed E-state index contributed by atoms with van der Waals surface area (Å²) in [5, 5.41) is 0. The highest BCUT2D eigenvalue weighted by Gasteiger charge is 2.30. The highest BCUT2D eigenvalue weighted by atomic mass is 79.9. The number of carbonyl (C=O) groups excluding carboxylic acids is 1. The van der Waals surface area contributed by atoms with Crippen LogP contribution >= 0.6 is 15.9 Å². The van der Waals surface area contributed by atoms with Gasteiger partial charge in [-0.15, -0.1) is 0 Å². The number of anilines is 1. The molecule has 148 valence electrons. The summed E-state index contributed by atoms with van der Waals surface area (Å²) in [4.78, 5) is 21.4. The molecule has 1 saturated carbocycles. The summed E-state index contributed by atoms with van der Waals surface area (Å²) in [6.45, 7) is 2.47. The van der Waals surface area contributed by atoms with Crippen molar-refractivity contribution < 1.29 is 13.2 Å². The van der Waals surface area contributed by atoms with E-state index in [1.165, 1.54) is 12.1 Å². The Balaban J connectivity index is 1.48. The topological polar surface area (TPSA) is 82.6 Å². The minimum Gasteiger partial charge on any atom is -0.353 e. The van der Waals surface area contributed by atoms with Gasteiger partial charge < -0.3 is 9.80 Å². The van der Waals surface area contributed by atoms with Crippen LogP contribution in [0.2, 0.25) is 0 Å². The van der Waals surface area contributed by atoms with Crippen molar-refractivity contribution in [3.05, 3.63) is 52.6 Å². The van der Waals surface area contributed by atoms with Crippen molar-refractivity contribution in [3.63, 3.8) is 0 Å². The Kier molecular flexibility index (Phi) is 5.39. The molecular formula is C19H21BrN4O3S. The van der Waals surface area contributed by atoms with Crippen LogP contribution in [0.1, 0.15) is 23.2 Å². The van der Waals surface area contributed by atoms with Crippen molar-refractivity contribution >= 4 is 37.7 Å². The van der Waals surface area contributed by atoms with Gasteiger partial charge in [-0.3, -0.25) is 4.79 Å². The zero-order chi connectivity index (χ0) is 19.7. The van der Waals surface area contributed by atoms with Gasteiger partial charge in [0.05, 0.1) is 10.5 Å². The van der Waals surface area contributed by atoms with E-state index in [1.807, 2.05) is 18.2 Å². The number of rotatable bonds is 5. The van der Waals surface area contributed by atoms with E-state index in [4.69, 9.17) is 0 Å². The predicted molar refractivity (Wildman–Crippen MR) is 110 cm³/mol. The summed E-state index contributed by atoms with van der Waals surface area (Å²) in [6, 6.07) is 10.4. The van der Waals surface area contributed by atoms with Gasteiger partial charge in [-0.05, 0) is 59.1 Å². The minimum atomic E-state index is -3.60. The van der Waals surface area contributed by atoms with Crippen LogP contribution in [0.3, 0.4) is 0 Å². The van der Waals surface area contributed by atoms with Gasteiger partial charge in [0.25, 0.3) is 5.91 Å². The maximum atomic E-state index is 13.0. The molecule has 0 unspecified atom stereocenters. The van der Waals surface area contributed by atoms with Gasteiger partial charge in [0, 0.05) is 42.9 Å². The Bertz CT molecular complexity index is 972. The summed E-state index contributed by atoms with van der Waals surface area (Å²) >= 11 is 3.39. The first-order valence-corrected chi connectivity index (χ1v) is 11.5. The molecule has 1 aliphatic carbocycles. The molecule has 2 aliphatic rings. The second kappa shape index (κ2) is 7.81. The van der Waals surface area contributed by atoms with E-state index >= 15 is 0 Å². The first-order valence-electron chi connectivity index (χ1n) is 9.21. The number of hydrogen-bond donors (Lipinski definition) is 1. The van der Waals surface area contributed by atoms with Crippen LogP contribution in [0.25, 0.3) is 0 Å². The molecule has 2 heterocycles. The third kappa shape index (κ3) is 4.21. The number of hydrogen-bond acceptors (Lipinski definition) is 5. The van der Waals surface area contributed by atoms with Gasteiger partial charge in [0.2, 0.25) is 10.0 Å². The maximum Gasteiger partial charge on any atom is 0.255 e. The lowest BCUT2D eigenvalue weighted by Crippen LogP contribution is -2.49. The van der Waals surface area contributed by atoms with Gasteiger partial charge in [-0.1, -0.05) is 6.07 Å². The van der Waals surface area contributed by atoms with Crippen molar-refractivity contribution in [2.24, 2.45) is 0 Å². The summed E-state index contributed by atoms with van der Waals surface area (Å²) in [5.41, 5.74) is 0.366. The van der Waals surface area contributed by atoms with Gasteiger partial charge in [0.1, 0.15) is 5.82 Å². The molecule has 4 rings (SSSR count). The highest BCUT2D eigenvalue weighted by Crippen LogP contribution is 2.26. The number of benzene rings is 1. The third-order valence-electron chi connectivity index (χ3n) is 4.92. The van der Waals surface area contributed by atoms with Crippen molar-refractivity contribution in [1.29, 1.82) is 0 Å². The number of nitrogens with zero attached hydrogens (tertiary/aromatic N) is 3. The molecule has 0 atom stereocenters. The van der Waals surface area contributed by atoms with E-state index < -0.39 is 10.0 Å². The van der Waals surface area contributed by atoms with Gasteiger partial charge in [0.15, 0.2) is 0 Å². The molecule has 1 N–H and O–H groups in total. The standard InChI is InChI=1S/C19H21BrN4O3S/c20-17-7-6-15(28(26,27)22-14-4-5-14)13-16(17)19(25)24-11-9-23(10-12-24)18-3-1-2-8-21-18/h1-3,6-8,13-14,22H,4-5,9-12H2. The number of piperazine rings is 1. The van der Waals surface area contributed by atoms with Crippen LogP contribution in [0, 0.1) is 0 Å². The van der Waals surface area contributed by atoms with E-state index in [1.54, 1.807) is 17.2 Å². The Morgan fingerprint density at radius 3 is 2.50 bits per heavy atom. The van der Waals surface area contributed by atoms with Crippen LogP contribution < -0.4 is 9.62 Å². The number of pyridine rings is 1. The second-order valence-corrected chi connectivity index (χ2v) is 9.57. The molecule has 7 nitrogen and oxygen atoms in total. The highest BCUT2D eigenvalue weighted by molar-refractivity contribution is 9.10. The minimum absolute atomic E-state index is 0.0208. The molecule has 0 bridgehead atoms. The molecule has 2 aromatic rings. The van der Waals surface area contributed by atoms with Crippen LogP contribution in [-0.4, -0.2) is 56.4 Å². The molecule has 1 amide bonds. The first-order chi connectivity index (χ1) is 13.4. The number of carbonyl (C=O) groups is 1. The van der Waals surface area contributed by atoms with Crippen LogP contribution in [0.5, 0.6) is 0 Å². The number of amides is 1. The fourth-order valence-electron chi connectivity index (χ4n) is 3.17. The van der Waals surface area contributed by atoms with E-state index in [-0.39, 0.29) is 16.8 Å². The Morgan fingerprint density at radius 2 is 1.86 bits per heavy atom. The van der Waals surface area contributed by atoms with Crippen LogP contribution in [0.4, 0.5) is 5.82 Å². The van der Waals surface area contributed by atoms with Gasteiger partial charge >= 0.3 is 0 Å². The summed E-state index contributed by atoms with van der Waals surface area (Å²) < 4.78 is 28.2. The molecule has 2 fully saturated rings. The number of aromatic nitrogens is 1. The summed E-state index contributed by atoms with van der Waals surface area (Å²) in [6.07, 6.45) is 3.48. The van der Waals surface area contributed by atoms with Crippen LogP contribution in [0.15, 0.2) is 52.0 Å². The monoisotopic (exact) mass is 464 g/mol. The summed E-state index contributed by atoms with van der Waals surface area (Å²) in [7, 11) is -3.60. The van der Waals surface area contributed by atoms with E-state index in [2.05, 4.69) is 30.5 Å². The predicted octanol–water partition coefficient (Wildman–Crippen LogP) is 2.25. The smallest absolute Gasteiger partial charge is 0.255 e. The Morgan fingerprint density at radius 1 is 1.11 bits per heavy atom. The largest absolute Gasteiger partial charge is 0.353 e. The molecule has 0 radical (unpaired) electrons. The van der Waals surface area contributed by atoms with Crippen molar-refractivity contribution in [1.82, 2.24) is 14.6 Å². The lowest BCUT2D eigenvalue weighted by Gasteiger charge is -2.35. The molecule has 9 heteroatoms. The van der Waals surface area contributed by atoms with Gasteiger partial charge in [-0.2, -0.15) is 0 Å². The number of nitrogens with one attached hydrogen (secondary N) is 1. The molecule has 1 aliphatic heterocycles. The Hall–Kier alpha value is -1.97. The van der Waals surface area contributed by atoms with Crippen molar-refractivity contribution in [3.8, 4) is 0 Å². The SMILES string of the molecule is O=C(c1cc(S(=O)(=O)NC2CC2)ccc1Br)N1CCN(c2ccccn2)CC1. The quantitative estimate of drug-likeness (QED) is 0.733. The van der Waals surface area contributed by atoms with Gasteiger partial charge in [-0.25, -0.2) is 18.1 Å². The third-order valence-corrected chi connectivity index (χ3v) is 7.13. The zero-order valence-corrected chi connectivity index (χ0v) is 17.6. The first kappa shape index (κ1) is 19.4. The molecular weight excluding hydrogens is 444 g/mol. The van der Waals surface area contributed by atoms with E-state index in [0.717, 1.165) is 18.7 Å². The maximum absolute atomic E-state index is 13.0. The normalized spacial score (nSPS) is 17.6. The average molecular weight is 465 g/mol. The van der Waals surface area contributed by atoms with Crippen molar-refractivity contribution in [2.45, 2.75) is 23.8 Å². The van der Waals surface area contributed by atoms with E-state index in [0.29, 0.717) is 36.2 Å². The lowest BCUT2D eigenvalue weighted by molar-refractivity contribution is 0.0745. The molecule has 0 spiro atoms. The number of sulfonamides is 1.